The zero-order valence-electron chi connectivity index (χ0n) is 14.1. The van der Waals surface area contributed by atoms with Crippen molar-refractivity contribution in [2.45, 2.75) is 39.5 Å². The third-order valence-corrected chi connectivity index (χ3v) is 3.74. The number of benzene rings is 1. The molecule has 0 aliphatic rings. The van der Waals surface area contributed by atoms with Gasteiger partial charge in [-0.3, -0.25) is 9.59 Å². The summed E-state index contributed by atoms with van der Waals surface area (Å²) in [5, 5.41) is 3.04. The van der Waals surface area contributed by atoms with Crippen LogP contribution in [0.25, 0.3) is 0 Å². The molecular formula is C18H22ClNO4. The van der Waals surface area contributed by atoms with Gasteiger partial charge in [-0.1, -0.05) is 31.5 Å². The molecule has 24 heavy (non-hydrogen) atoms. The molecule has 0 bridgehead atoms. The number of carbonyl (C=O) groups excluding carboxylic acids is 3. The van der Waals surface area contributed by atoms with Crippen molar-refractivity contribution in [3.63, 3.8) is 0 Å². The topological polar surface area (TPSA) is 72.5 Å². The Labute approximate surface area is 147 Å². The van der Waals surface area contributed by atoms with Gasteiger partial charge in [0.2, 0.25) is 0 Å². The molecule has 130 valence electrons. The maximum Gasteiger partial charge on any atom is 0.339 e. The minimum Gasteiger partial charge on any atom is -0.465 e. The summed E-state index contributed by atoms with van der Waals surface area (Å²) in [5.74, 6) is -0.968. The second-order valence-electron chi connectivity index (χ2n) is 5.21. The van der Waals surface area contributed by atoms with E-state index >= 15 is 0 Å². The molecule has 0 saturated carbocycles. The van der Waals surface area contributed by atoms with E-state index in [1.165, 1.54) is 19.4 Å². The summed E-state index contributed by atoms with van der Waals surface area (Å²) >= 11 is 6.18. The molecule has 0 aromatic heterocycles. The lowest BCUT2D eigenvalue weighted by molar-refractivity contribution is -0.121. The third kappa shape index (κ3) is 5.20. The van der Waals surface area contributed by atoms with E-state index in [1.807, 2.05) is 13.8 Å². The van der Waals surface area contributed by atoms with Gasteiger partial charge in [0, 0.05) is 19.0 Å². The summed E-state index contributed by atoms with van der Waals surface area (Å²) in [4.78, 5) is 36.0. The van der Waals surface area contributed by atoms with Crippen LogP contribution >= 0.6 is 11.6 Å². The van der Waals surface area contributed by atoms with Crippen molar-refractivity contribution in [1.82, 2.24) is 0 Å². The number of anilines is 1. The first-order chi connectivity index (χ1) is 11.5. The van der Waals surface area contributed by atoms with Gasteiger partial charge in [-0.25, -0.2) is 4.79 Å². The minimum atomic E-state index is -0.558. The maximum atomic E-state index is 12.2. The number of allylic oxidation sites excluding steroid dienone is 1. The Kier molecular flexibility index (Phi) is 8.19. The van der Waals surface area contributed by atoms with Gasteiger partial charge >= 0.3 is 5.97 Å². The number of esters is 1. The van der Waals surface area contributed by atoms with Crippen LogP contribution < -0.4 is 5.32 Å². The fourth-order valence-corrected chi connectivity index (χ4v) is 2.36. The Balaban J connectivity index is 3.11. The standard InChI is InChI=1S/C18H22ClNO4/c1-4-7-15(21)13(16(22)8-5-2)11-20-14-10-6-9-12(17(14)19)18(23)24-3/h6,9-11,20H,4-5,7-8H2,1-3H3. The monoisotopic (exact) mass is 351 g/mol. The van der Waals surface area contributed by atoms with Crippen molar-refractivity contribution in [3.05, 3.63) is 40.6 Å². The number of nitrogens with one attached hydrogen (secondary N) is 1. The molecular weight excluding hydrogens is 330 g/mol. The molecule has 0 atom stereocenters. The Morgan fingerprint density at radius 1 is 1.12 bits per heavy atom. The molecule has 0 saturated heterocycles. The Morgan fingerprint density at radius 3 is 2.21 bits per heavy atom. The Hall–Kier alpha value is -2.14. The van der Waals surface area contributed by atoms with Crippen LogP contribution in [0.1, 0.15) is 49.9 Å². The highest BCUT2D eigenvalue weighted by Gasteiger charge is 2.18. The normalized spacial score (nSPS) is 10.0. The first kappa shape index (κ1) is 19.9. The molecule has 0 spiro atoms. The van der Waals surface area contributed by atoms with Crippen LogP contribution in [0.15, 0.2) is 30.0 Å². The summed E-state index contributed by atoms with van der Waals surface area (Å²) in [6.45, 7) is 3.76. The molecule has 0 radical (unpaired) electrons. The lowest BCUT2D eigenvalue weighted by atomic mass is 10.0. The number of rotatable bonds is 9. The number of halogens is 1. The number of ether oxygens (including phenoxy) is 1. The molecule has 1 aromatic carbocycles. The summed E-state index contributed by atoms with van der Waals surface area (Å²) in [6, 6.07) is 4.82. The molecule has 0 unspecified atom stereocenters. The first-order valence-corrected chi connectivity index (χ1v) is 8.23. The minimum absolute atomic E-state index is 0.123. The van der Waals surface area contributed by atoms with Crippen molar-refractivity contribution in [3.8, 4) is 0 Å². The van der Waals surface area contributed by atoms with Crippen molar-refractivity contribution < 1.29 is 19.1 Å². The maximum absolute atomic E-state index is 12.2. The van der Waals surface area contributed by atoms with Crippen LogP contribution in [0.2, 0.25) is 5.02 Å². The van der Waals surface area contributed by atoms with Gasteiger partial charge in [0.05, 0.1) is 29.0 Å². The smallest absolute Gasteiger partial charge is 0.339 e. The zero-order valence-corrected chi connectivity index (χ0v) is 14.9. The summed E-state index contributed by atoms with van der Waals surface area (Å²) in [5.41, 5.74) is 0.753. The van der Waals surface area contributed by atoms with Gasteiger partial charge in [-0.15, -0.1) is 0 Å². The predicted molar refractivity (Wildman–Crippen MR) is 94.3 cm³/mol. The lowest BCUT2D eigenvalue weighted by Crippen LogP contribution is -2.14. The molecule has 0 fully saturated rings. The van der Waals surface area contributed by atoms with Crippen molar-refractivity contribution in [2.24, 2.45) is 0 Å². The highest BCUT2D eigenvalue weighted by atomic mass is 35.5. The number of hydrogen-bond donors (Lipinski definition) is 1. The largest absolute Gasteiger partial charge is 0.465 e. The fourth-order valence-electron chi connectivity index (χ4n) is 2.10. The predicted octanol–water partition coefficient (Wildman–Crippen LogP) is 4.16. The summed E-state index contributed by atoms with van der Waals surface area (Å²) in [7, 11) is 1.27. The van der Waals surface area contributed by atoms with Crippen molar-refractivity contribution in [1.29, 1.82) is 0 Å². The molecule has 0 aliphatic heterocycles. The highest BCUT2D eigenvalue weighted by molar-refractivity contribution is 6.36. The van der Waals surface area contributed by atoms with Crippen LogP contribution in [0.3, 0.4) is 0 Å². The number of hydrogen-bond acceptors (Lipinski definition) is 5. The number of carbonyl (C=O) groups is 3. The average Bonchev–Trinajstić information content (AvgIpc) is 2.56. The first-order valence-electron chi connectivity index (χ1n) is 7.86. The van der Waals surface area contributed by atoms with Crippen LogP contribution in [-0.4, -0.2) is 24.6 Å². The van der Waals surface area contributed by atoms with Crippen LogP contribution in [-0.2, 0) is 14.3 Å². The summed E-state index contributed by atoms with van der Waals surface area (Å²) in [6.07, 6.45) is 3.30. The van der Waals surface area contributed by atoms with Crippen LogP contribution in [0, 0.1) is 0 Å². The molecule has 1 rings (SSSR count). The Bertz CT molecular complexity index is 632. The number of methoxy groups -OCH3 is 1. The number of Topliss-reactive ketones (excluding diaryl/α,β-unsaturated/α-hetero) is 2. The van der Waals surface area contributed by atoms with Gasteiger partial charge in [0.25, 0.3) is 0 Å². The molecule has 0 aliphatic carbocycles. The molecule has 1 aromatic rings. The SMILES string of the molecule is CCCC(=O)C(=CNc1cccc(C(=O)OC)c1Cl)C(=O)CCC. The molecule has 6 heteroatoms. The summed E-state index contributed by atoms with van der Waals surface area (Å²) < 4.78 is 4.66. The van der Waals surface area contributed by atoms with E-state index in [0.29, 0.717) is 31.4 Å². The highest BCUT2D eigenvalue weighted by Crippen LogP contribution is 2.27. The van der Waals surface area contributed by atoms with E-state index in [2.05, 4.69) is 10.1 Å². The third-order valence-electron chi connectivity index (χ3n) is 3.33. The molecule has 5 nitrogen and oxygen atoms in total. The van der Waals surface area contributed by atoms with E-state index in [4.69, 9.17) is 11.6 Å². The van der Waals surface area contributed by atoms with Crippen LogP contribution in [0.4, 0.5) is 5.69 Å². The second-order valence-corrected chi connectivity index (χ2v) is 5.59. The number of ketones is 2. The zero-order chi connectivity index (χ0) is 18.1. The van der Waals surface area contributed by atoms with Crippen LogP contribution in [0.5, 0.6) is 0 Å². The molecule has 0 heterocycles. The van der Waals surface area contributed by atoms with E-state index in [0.717, 1.165) is 0 Å². The van der Waals surface area contributed by atoms with Gasteiger partial charge in [-0.2, -0.15) is 0 Å². The van der Waals surface area contributed by atoms with E-state index < -0.39 is 5.97 Å². The van der Waals surface area contributed by atoms with Gasteiger partial charge < -0.3 is 10.1 Å². The average molecular weight is 352 g/mol. The van der Waals surface area contributed by atoms with Gasteiger partial charge in [0.15, 0.2) is 11.6 Å². The quantitative estimate of drug-likeness (QED) is 0.313. The molecule has 1 N–H and O–H groups in total. The lowest BCUT2D eigenvalue weighted by Gasteiger charge is -2.10. The van der Waals surface area contributed by atoms with Crippen molar-refractivity contribution >= 4 is 34.8 Å². The Morgan fingerprint density at radius 2 is 1.71 bits per heavy atom. The van der Waals surface area contributed by atoms with E-state index in [9.17, 15) is 14.4 Å². The van der Waals surface area contributed by atoms with Gasteiger partial charge in [0.1, 0.15) is 0 Å². The fraction of sp³-hybridized carbons (Fsp3) is 0.389. The van der Waals surface area contributed by atoms with Gasteiger partial charge in [-0.05, 0) is 25.0 Å². The van der Waals surface area contributed by atoms with E-state index in [1.54, 1.807) is 12.1 Å². The molecule has 0 amide bonds. The van der Waals surface area contributed by atoms with E-state index in [-0.39, 0.29) is 27.7 Å². The van der Waals surface area contributed by atoms with Crippen molar-refractivity contribution in [2.75, 3.05) is 12.4 Å². The second kappa shape index (κ2) is 9.88.